The lowest BCUT2D eigenvalue weighted by molar-refractivity contribution is 0.0622. The van der Waals surface area contributed by atoms with E-state index in [2.05, 4.69) is 15.0 Å². The molecule has 3 aromatic rings. The van der Waals surface area contributed by atoms with E-state index in [1.807, 2.05) is 36.1 Å². The molecule has 31 heavy (non-hydrogen) atoms. The maximum atomic E-state index is 13.2. The number of ether oxygens (including phenoxy) is 2. The first-order valence-electron chi connectivity index (χ1n) is 10.3. The molecule has 1 saturated heterocycles. The fourth-order valence-electron chi connectivity index (χ4n) is 3.86. The summed E-state index contributed by atoms with van der Waals surface area (Å²) in [5, 5.41) is 3.04. The highest BCUT2D eigenvalue weighted by molar-refractivity contribution is 6.05. The van der Waals surface area contributed by atoms with Gasteiger partial charge in [-0.05, 0) is 37.3 Å². The summed E-state index contributed by atoms with van der Waals surface area (Å²) in [5.41, 5.74) is 1.34. The topological polar surface area (TPSA) is 92.7 Å². The number of hydrogen-bond donors (Lipinski definition) is 1. The zero-order valence-electron chi connectivity index (χ0n) is 18.1. The second-order valence-corrected chi connectivity index (χ2v) is 7.67. The minimum Gasteiger partial charge on any atom is -0.497 e. The lowest BCUT2D eigenvalue weighted by Crippen LogP contribution is -2.49. The van der Waals surface area contributed by atoms with Crippen molar-refractivity contribution < 1.29 is 14.3 Å². The van der Waals surface area contributed by atoms with Gasteiger partial charge in [0.15, 0.2) is 5.65 Å². The number of hydrogen-bond acceptors (Lipinski definition) is 6. The van der Waals surface area contributed by atoms with E-state index in [9.17, 15) is 9.59 Å². The molecule has 0 aliphatic carbocycles. The molecule has 4 rings (SSSR count). The molecule has 0 atom stereocenters. The van der Waals surface area contributed by atoms with E-state index in [0.717, 1.165) is 31.1 Å². The first-order chi connectivity index (χ1) is 15.0. The molecule has 2 aromatic heterocycles. The number of aromatic nitrogens is 3. The zero-order valence-corrected chi connectivity index (χ0v) is 18.1. The number of carbonyl (C=O) groups excluding carboxylic acids is 1. The van der Waals surface area contributed by atoms with E-state index >= 15 is 0 Å². The molecule has 164 valence electrons. The number of nitrogens with zero attached hydrogens (tertiary/aromatic N) is 4. The van der Waals surface area contributed by atoms with Gasteiger partial charge in [-0.1, -0.05) is 0 Å². The van der Waals surface area contributed by atoms with E-state index in [4.69, 9.17) is 9.47 Å². The standard InChI is InChI=1S/C22H27N5O4/c1-15-14-18(19-20(23-15)25(2)24-21(19)28)22(29)27-10-8-26(9-11-27)12-13-31-17-6-4-16(30-3)5-7-17/h4-7,14H,8-13H2,1-3H3,(H,24,28). The Morgan fingerprint density at radius 2 is 1.81 bits per heavy atom. The summed E-state index contributed by atoms with van der Waals surface area (Å²) in [6, 6.07) is 9.22. The Morgan fingerprint density at radius 1 is 1.13 bits per heavy atom. The number of H-pyrrole nitrogens is 1. The van der Waals surface area contributed by atoms with Crippen molar-refractivity contribution in [3.05, 3.63) is 51.9 Å². The van der Waals surface area contributed by atoms with Crippen molar-refractivity contribution in [3.63, 3.8) is 0 Å². The van der Waals surface area contributed by atoms with E-state index in [1.165, 1.54) is 0 Å². The number of piperazine rings is 1. The number of methoxy groups -OCH3 is 1. The average molecular weight is 425 g/mol. The maximum Gasteiger partial charge on any atom is 0.274 e. The van der Waals surface area contributed by atoms with Gasteiger partial charge in [-0.2, -0.15) is 0 Å². The van der Waals surface area contributed by atoms with Crippen molar-refractivity contribution in [2.75, 3.05) is 46.4 Å². The molecule has 1 fully saturated rings. The van der Waals surface area contributed by atoms with Crippen LogP contribution in [-0.4, -0.2) is 76.9 Å². The van der Waals surface area contributed by atoms with Crippen LogP contribution in [0.15, 0.2) is 35.1 Å². The SMILES string of the molecule is COc1ccc(OCCN2CCN(C(=O)c3cc(C)nc4c3c(=O)[nH]n4C)CC2)cc1. The summed E-state index contributed by atoms with van der Waals surface area (Å²) in [5.74, 6) is 1.48. The summed E-state index contributed by atoms with van der Waals surface area (Å²) in [4.78, 5) is 34.0. The van der Waals surface area contributed by atoms with E-state index in [-0.39, 0.29) is 11.5 Å². The van der Waals surface area contributed by atoms with Crippen molar-refractivity contribution in [2.24, 2.45) is 7.05 Å². The van der Waals surface area contributed by atoms with E-state index < -0.39 is 0 Å². The van der Waals surface area contributed by atoms with Gasteiger partial charge in [0.05, 0.1) is 18.1 Å². The molecule has 0 radical (unpaired) electrons. The maximum absolute atomic E-state index is 13.2. The van der Waals surface area contributed by atoms with Gasteiger partial charge >= 0.3 is 0 Å². The third kappa shape index (κ3) is 4.41. The van der Waals surface area contributed by atoms with Gasteiger partial charge in [0.25, 0.3) is 11.5 Å². The van der Waals surface area contributed by atoms with Gasteiger partial charge in [0.1, 0.15) is 18.1 Å². The normalized spacial score (nSPS) is 14.7. The number of carbonyl (C=O) groups is 1. The summed E-state index contributed by atoms with van der Waals surface area (Å²) in [7, 11) is 3.35. The smallest absolute Gasteiger partial charge is 0.274 e. The first kappa shape index (κ1) is 20.9. The van der Waals surface area contributed by atoms with Crippen LogP contribution in [0.25, 0.3) is 11.0 Å². The van der Waals surface area contributed by atoms with Crippen LogP contribution in [0.2, 0.25) is 0 Å². The fraction of sp³-hybridized carbons (Fsp3) is 0.409. The van der Waals surface area contributed by atoms with Crippen LogP contribution in [0.4, 0.5) is 0 Å². The van der Waals surface area contributed by atoms with Gasteiger partial charge in [0.2, 0.25) is 0 Å². The number of benzene rings is 1. The number of fused-ring (bicyclic) bond motifs is 1. The number of aryl methyl sites for hydroxylation is 2. The van der Waals surface area contributed by atoms with Crippen LogP contribution >= 0.6 is 0 Å². The van der Waals surface area contributed by atoms with Gasteiger partial charge < -0.3 is 14.4 Å². The lowest BCUT2D eigenvalue weighted by atomic mass is 10.1. The number of pyridine rings is 1. The number of aromatic amines is 1. The van der Waals surface area contributed by atoms with Crippen LogP contribution < -0.4 is 15.0 Å². The summed E-state index contributed by atoms with van der Waals surface area (Å²) < 4.78 is 12.5. The van der Waals surface area contributed by atoms with Crippen LogP contribution in [0.5, 0.6) is 11.5 Å². The van der Waals surface area contributed by atoms with Crippen molar-refractivity contribution in [3.8, 4) is 11.5 Å². The molecular weight excluding hydrogens is 398 g/mol. The predicted molar refractivity (Wildman–Crippen MR) is 117 cm³/mol. The molecule has 9 nitrogen and oxygen atoms in total. The fourth-order valence-corrected chi connectivity index (χ4v) is 3.86. The molecule has 1 N–H and O–H groups in total. The van der Waals surface area contributed by atoms with Gasteiger partial charge in [-0.3, -0.25) is 24.3 Å². The largest absolute Gasteiger partial charge is 0.497 e. The van der Waals surface area contributed by atoms with Gasteiger partial charge in [-0.15, -0.1) is 0 Å². The Hall–Kier alpha value is -3.33. The number of nitrogens with one attached hydrogen (secondary N) is 1. The molecule has 9 heteroatoms. The van der Waals surface area contributed by atoms with Crippen molar-refractivity contribution in [2.45, 2.75) is 6.92 Å². The average Bonchev–Trinajstić information content (AvgIpc) is 3.07. The predicted octanol–water partition coefficient (Wildman–Crippen LogP) is 1.42. The van der Waals surface area contributed by atoms with Crippen molar-refractivity contribution in [1.82, 2.24) is 24.6 Å². The number of rotatable bonds is 6. The first-order valence-corrected chi connectivity index (χ1v) is 10.3. The monoisotopic (exact) mass is 425 g/mol. The van der Waals surface area contributed by atoms with Crippen LogP contribution in [0.3, 0.4) is 0 Å². The minimum absolute atomic E-state index is 0.124. The Morgan fingerprint density at radius 3 is 2.48 bits per heavy atom. The Labute approximate surface area is 180 Å². The highest BCUT2D eigenvalue weighted by Crippen LogP contribution is 2.19. The highest BCUT2D eigenvalue weighted by atomic mass is 16.5. The van der Waals surface area contributed by atoms with Crippen molar-refractivity contribution in [1.29, 1.82) is 0 Å². The highest BCUT2D eigenvalue weighted by Gasteiger charge is 2.25. The molecule has 0 saturated carbocycles. The second-order valence-electron chi connectivity index (χ2n) is 7.67. The second kappa shape index (κ2) is 8.81. The summed E-state index contributed by atoms with van der Waals surface area (Å²) >= 11 is 0. The lowest BCUT2D eigenvalue weighted by Gasteiger charge is -2.34. The van der Waals surface area contributed by atoms with Crippen LogP contribution in [0.1, 0.15) is 16.1 Å². The molecule has 0 unspecified atom stereocenters. The quantitative estimate of drug-likeness (QED) is 0.642. The third-order valence-electron chi connectivity index (χ3n) is 5.57. The molecule has 0 bridgehead atoms. The van der Waals surface area contributed by atoms with Crippen LogP contribution in [0, 0.1) is 6.92 Å². The molecular formula is C22H27N5O4. The molecule has 1 amide bonds. The molecule has 3 heterocycles. The molecule has 0 spiro atoms. The minimum atomic E-state index is -0.289. The number of amides is 1. The third-order valence-corrected chi connectivity index (χ3v) is 5.57. The van der Waals surface area contributed by atoms with E-state index in [1.54, 1.807) is 24.9 Å². The van der Waals surface area contributed by atoms with E-state index in [0.29, 0.717) is 42.0 Å². The summed E-state index contributed by atoms with van der Waals surface area (Å²) in [6.07, 6.45) is 0. The molecule has 1 aliphatic rings. The van der Waals surface area contributed by atoms with Crippen LogP contribution in [-0.2, 0) is 7.05 Å². The Kier molecular flexibility index (Phi) is 5.94. The molecule has 1 aromatic carbocycles. The summed E-state index contributed by atoms with van der Waals surface area (Å²) in [6.45, 7) is 5.92. The molecule has 1 aliphatic heterocycles. The van der Waals surface area contributed by atoms with Crippen molar-refractivity contribution >= 4 is 16.9 Å². The van der Waals surface area contributed by atoms with Gasteiger partial charge in [-0.25, -0.2) is 4.98 Å². The van der Waals surface area contributed by atoms with Gasteiger partial charge in [0, 0.05) is 45.5 Å². The Balaban J connectivity index is 1.34. The zero-order chi connectivity index (χ0) is 22.0. The Bertz CT molecular complexity index is 1130.